The summed E-state index contributed by atoms with van der Waals surface area (Å²) in [7, 11) is 0. The number of aliphatic hydroxyl groups excluding tert-OH is 1. The first kappa shape index (κ1) is 15.1. The fourth-order valence-electron chi connectivity index (χ4n) is 2.16. The Morgan fingerprint density at radius 3 is 2.39 bits per heavy atom. The van der Waals surface area contributed by atoms with Gasteiger partial charge in [-0.1, -0.05) is 27.7 Å². The van der Waals surface area contributed by atoms with Crippen LogP contribution in [0.25, 0.3) is 0 Å². The lowest BCUT2D eigenvalue weighted by Gasteiger charge is -2.24. The summed E-state index contributed by atoms with van der Waals surface area (Å²) in [5.74, 6) is 2.24. The van der Waals surface area contributed by atoms with Gasteiger partial charge in [-0.3, -0.25) is 0 Å². The van der Waals surface area contributed by atoms with E-state index in [1.165, 1.54) is 0 Å². The van der Waals surface area contributed by atoms with Gasteiger partial charge in [0.25, 0.3) is 0 Å². The summed E-state index contributed by atoms with van der Waals surface area (Å²) in [6.45, 7) is 8.35. The van der Waals surface area contributed by atoms with Crippen LogP contribution in [0.3, 0.4) is 0 Å². The van der Waals surface area contributed by atoms with E-state index in [2.05, 4.69) is 23.9 Å². The van der Waals surface area contributed by atoms with E-state index >= 15 is 0 Å². The van der Waals surface area contributed by atoms with Crippen LogP contribution in [-0.4, -0.2) is 32.5 Å². The normalized spacial score (nSPS) is 15.1. The molecule has 18 heavy (non-hydrogen) atoms. The van der Waals surface area contributed by atoms with Crippen LogP contribution >= 0.6 is 0 Å². The van der Waals surface area contributed by atoms with E-state index in [0.29, 0.717) is 5.92 Å². The van der Waals surface area contributed by atoms with E-state index in [-0.39, 0.29) is 18.7 Å². The summed E-state index contributed by atoms with van der Waals surface area (Å²) in [6.07, 6.45) is 2.48. The molecule has 0 fully saturated rings. The molecule has 5 heteroatoms. The van der Waals surface area contributed by atoms with Gasteiger partial charge in [0, 0.05) is 18.9 Å². The van der Waals surface area contributed by atoms with Crippen LogP contribution in [0, 0.1) is 5.92 Å². The van der Waals surface area contributed by atoms with E-state index < -0.39 is 0 Å². The highest BCUT2D eigenvalue weighted by Gasteiger charge is 2.23. The summed E-state index contributed by atoms with van der Waals surface area (Å²) < 4.78 is 1.83. The number of aromatic nitrogens is 3. The minimum Gasteiger partial charge on any atom is -0.394 e. The number of hydrogen-bond donors (Lipinski definition) is 2. The average Bonchev–Trinajstić information content (AvgIpc) is 2.72. The SMILES string of the molecule is CCc1nc(CC)n(C(CO)C(N)CC(C)C)n1. The van der Waals surface area contributed by atoms with Gasteiger partial charge >= 0.3 is 0 Å². The minimum atomic E-state index is -0.171. The van der Waals surface area contributed by atoms with Gasteiger partial charge < -0.3 is 10.8 Å². The molecular weight excluding hydrogens is 228 g/mol. The summed E-state index contributed by atoms with van der Waals surface area (Å²) in [5, 5.41) is 14.1. The number of hydrogen-bond acceptors (Lipinski definition) is 4. The molecule has 3 N–H and O–H groups in total. The molecule has 0 saturated carbocycles. The molecule has 2 atom stereocenters. The summed E-state index contributed by atoms with van der Waals surface area (Å²) >= 11 is 0. The van der Waals surface area contributed by atoms with Gasteiger partial charge in [0.15, 0.2) is 5.82 Å². The lowest BCUT2D eigenvalue weighted by molar-refractivity contribution is 0.184. The van der Waals surface area contributed by atoms with Gasteiger partial charge in [-0.15, -0.1) is 0 Å². The van der Waals surface area contributed by atoms with Crippen LogP contribution < -0.4 is 5.73 Å². The van der Waals surface area contributed by atoms with E-state index in [4.69, 9.17) is 5.73 Å². The topological polar surface area (TPSA) is 77.0 Å². The first-order valence-electron chi connectivity index (χ1n) is 6.84. The summed E-state index contributed by atoms with van der Waals surface area (Å²) in [5.41, 5.74) is 6.19. The molecule has 0 aliphatic carbocycles. The summed E-state index contributed by atoms with van der Waals surface area (Å²) in [6, 6.07) is -0.262. The van der Waals surface area contributed by atoms with Crippen molar-refractivity contribution in [2.45, 2.75) is 59.0 Å². The predicted octanol–water partition coefficient (Wildman–Crippen LogP) is 1.31. The maximum Gasteiger partial charge on any atom is 0.150 e. The highest BCUT2D eigenvalue weighted by atomic mass is 16.3. The van der Waals surface area contributed by atoms with Gasteiger partial charge in [0.2, 0.25) is 0 Å². The predicted molar refractivity (Wildman–Crippen MR) is 72.3 cm³/mol. The minimum absolute atomic E-state index is 0.00734. The van der Waals surface area contributed by atoms with Crippen molar-refractivity contribution in [1.29, 1.82) is 0 Å². The van der Waals surface area contributed by atoms with Crippen LogP contribution in [0.4, 0.5) is 0 Å². The lowest BCUT2D eigenvalue weighted by Crippen LogP contribution is -2.37. The Hall–Kier alpha value is -0.940. The second kappa shape index (κ2) is 6.85. The maximum absolute atomic E-state index is 9.60. The molecule has 0 amide bonds. The van der Waals surface area contributed by atoms with Crippen molar-refractivity contribution in [2.24, 2.45) is 11.7 Å². The van der Waals surface area contributed by atoms with Gasteiger partial charge in [-0.05, 0) is 12.3 Å². The second-order valence-electron chi connectivity index (χ2n) is 5.14. The average molecular weight is 254 g/mol. The van der Waals surface area contributed by atoms with Crippen LogP contribution in [0.1, 0.15) is 51.8 Å². The first-order valence-corrected chi connectivity index (χ1v) is 6.84. The monoisotopic (exact) mass is 254 g/mol. The van der Waals surface area contributed by atoms with E-state index in [9.17, 15) is 5.11 Å². The van der Waals surface area contributed by atoms with Crippen LogP contribution in [0.15, 0.2) is 0 Å². The molecule has 1 heterocycles. The molecule has 1 aromatic rings. The number of aryl methyl sites for hydroxylation is 2. The van der Waals surface area contributed by atoms with Crippen molar-refractivity contribution in [2.75, 3.05) is 6.61 Å². The third-order valence-electron chi connectivity index (χ3n) is 3.12. The van der Waals surface area contributed by atoms with E-state index in [0.717, 1.165) is 30.9 Å². The highest BCUT2D eigenvalue weighted by Crippen LogP contribution is 2.18. The van der Waals surface area contributed by atoms with Gasteiger partial charge in [0.1, 0.15) is 5.82 Å². The molecule has 0 aliphatic heterocycles. The van der Waals surface area contributed by atoms with Gasteiger partial charge in [0.05, 0.1) is 12.6 Å². The lowest BCUT2D eigenvalue weighted by atomic mass is 9.98. The molecule has 2 unspecified atom stereocenters. The fourth-order valence-corrected chi connectivity index (χ4v) is 2.16. The van der Waals surface area contributed by atoms with E-state index in [1.807, 2.05) is 18.5 Å². The molecule has 104 valence electrons. The molecule has 5 nitrogen and oxygen atoms in total. The third kappa shape index (κ3) is 3.53. The molecule has 0 aromatic carbocycles. The van der Waals surface area contributed by atoms with Crippen molar-refractivity contribution >= 4 is 0 Å². The number of aliphatic hydroxyl groups is 1. The second-order valence-corrected chi connectivity index (χ2v) is 5.14. The number of nitrogens with zero attached hydrogens (tertiary/aromatic N) is 3. The Morgan fingerprint density at radius 2 is 1.94 bits per heavy atom. The summed E-state index contributed by atoms with van der Waals surface area (Å²) in [4.78, 5) is 4.46. The molecule has 0 spiro atoms. The van der Waals surface area contributed by atoms with Crippen molar-refractivity contribution in [1.82, 2.24) is 14.8 Å². The standard InChI is InChI=1S/C13H26N4O/c1-5-12-15-13(6-2)17(16-12)11(8-18)10(14)7-9(3)4/h9-11,18H,5-8,14H2,1-4H3. The van der Waals surface area contributed by atoms with E-state index in [1.54, 1.807) is 0 Å². The molecular formula is C13H26N4O. The molecule has 0 radical (unpaired) electrons. The molecule has 0 saturated heterocycles. The van der Waals surface area contributed by atoms with Crippen LogP contribution in [0.5, 0.6) is 0 Å². The Kier molecular flexibility index (Phi) is 5.75. The van der Waals surface area contributed by atoms with Gasteiger partial charge in [-0.25, -0.2) is 9.67 Å². The largest absolute Gasteiger partial charge is 0.394 e. The maximum atomic E-state index is 9.60. The molecule has 0 bridgehead atoms. The first-order chi connectivity index (χ1) is 8.53. The smallest absolute Gasteiger partial charge is 0.150 e. The number of nitrogens with two attached hydrogens (primary N) is 1. The van der Waals surface area contributed by atoms with Crippen LogP contribution in [0.2, 0.25) is 0 Å². The number of rotatable bonds is 7. The van der Waals surface area contributed by atoms with Crippen molar-refractivity contribution in [3.8, 4) is 0 Å². The Balaban J connectivity index is 2.96. The Bertz CT molecular complexity index is 362. The quantitative estimate of drug-likeness (QED) is 0.769. The van der Waals surface area contributed by atoms with Crippen molar-refractivity contribution in [3.63, 3.8) is 0 Å². The van der Waals surface area contributed by atoms with Crippen LogP contribution in [-0.2, 0) is 12.8 Å². The zero-order valence-corrected chi connectivity index (χ0v) is 11.9. The van der Waals surface area contributed by atoms with Crippen molar-refractivity contribution < 1.29 is 5.11 Å². The third-order valence-corrected chi connectivity index (χ3v) is 3.12. The fraction of sp³-hybridized carbons (Fsp3) is 0.846. The zero-order chi connectivity index (χ0) is 13.7. The molecule has 1 aromatic heterocycles. The molecule has 0 aliphatic rings. The highest BCUT2D eigenvalue weighted by molar-refractivity contribution is 4.96. The zero-order valence-electron chi connectivity index (χ0n) is 11.9. The Labute approximate surface area is 109 Å². The Morgan fingerprint density at radius 1 is 1.28 bits per heavy atom. The molecule has 1 rings (SSSR count). The van der Waals surface area contributed by atoms with Gasteiger partial charge in [-0.2, -0.15) is 5.10 Å². The van der Waals surface area contributed by atoms with Crippen molar-refractivity contribution in [3.05, 3.63) is 11.6 Å².